The second-order valence-electron chi connectivity index (χ2n) is 6.55. The number of hydrogen-bond donors (Lipinski definition) is 2. The summed E-state index contributed by atoms with van der Waals surface area (Å²) in [6.07, 6.45) is 4.68. The normalized spacial score (nSPS) is 17.6. The Labute approximate surface area is 163 Å². The molecule has 27 heavy (non-hydrogen) atoms. The van der Waals surface area contributed by atoms with Crippen molar-refractivity contribution in [3.05, 3.63) is 30.6 Å². The molecule has 144 valence electrons. The average Bonchev–Trinajstić information content (AvgIpc) is 3.03. The predicted octanol–water partition coefficient (Wildman–Crippen LogP) is 1.83. The zero-order valence-electron chi connectivity index (χ0n) is 14.8. The van der Waals surface area contributed by atoms with Crippen molar-refractivity contribution < 1.29 is 8.42 Å². The standard InChI is InChI=1S/C17H20N6O2S.ClH/c1-26(24,25)13-6-2-4-11(8-13)15-14-16(18)20-10-21-17(14)23(22-15)12-5-3-7-19-9-12;/h2,4,6,8,10,12,19H,3,5,7,9H2,1H3,(H2,18,20,21);1H/t12-;/m1./s1. The lowest BCUT2D eigenvalue weighted by molar-refractivity contribution is 0.354. The third-order valence-electron chi connectivity index (χ3n) is 4.67. The van der Waals surface area contributed by atoms with Gasteiger partial charge in [-0.25, -0.2) is 23.1 Å². The molecule has 1 saturated heterocycles. The Hall–Kier alpha value is -2.23. The number of hydrogen-bond acceptors (Lipinski definition) is 7. The van der Waals surface area contributed by atoms with E-state index in [0.717, 1.165) is 25.9 Å². The minimum absolute atomic E-state index is 0. The summed E-state index contributed by atoms with van der Waals surface area (Å²) in [6, 6.07) is 6.90. The Morgan fingerprint density at radius 2 is 2.11 bits per heavy atom. The van der Waals surface area contributed by atoms with Crippen LogP contribution in [0.25, 0.3) is 22.3 Å². The Balaban J connectivity index is 0.00000210. The molecular formula is C17H21ClN6O2S. The maximum Gasteiger partial charge on any atom is 0.175 e. The van der Waals surface area contributed by atoms with Crippen LogP contribution in [0, 0.1) is 0 Å². The number of rotatable bonds is 3. The van der Waals surface area contributed by atoms with Gasteiger partial charge in [-0.2, -0.15) is 5.10 Å². The van der Waals surface area contributed by atoms with Crippen molar-refractivity contribution in [1.82, 2.24) is 25.1 Å². The summed E-state index contributed by atoms with van der Waals surface area (Å²) in [7, 11) is -3.32. The lowest BCUT2D eigenvalue weighted by Gasteiger charge is -2.23. The fourth-order valence-electron chi connectivity index (χ4n) is 3.37. The molecule has 2 aromatic heterocycles. The summed E-state index contributed by atoms with van der Waals surface area (Å²) in [5.74, 6) is 0.338. The fraction of sp³-hybridized carbons (Fsp3) is 0.353. The van der Waals surface area contributed by atoms with Gasteiger partial charge < -0.3 is 11.1 Å². The van der Waals surface area contributed by atoms with E-state index in [1.807, 2.05) is 10.7 Å². The summed E-state index contributed by atoms with van der Waals surface area (Å²) in [5, 5.41) is 8.80. The second-order valence-corrected chi connectivity index (χ2v) is 8.57. The number of aromatic nitrogens is 4. The van der Waals surface area contributed by atoms with Crippen LogP contribution in [0.5, 0.6) is 0 Å². The van der Waals surface area contributed by atoms with Crippen molar-refractivity contribution in [3.8, 4) is 11.3 Å². The van der Waals surface area contributed by atoms with E-state index >= 15 is 0 Å². The van der Waals surface area contributed by atoms with Gasteiger partial charge in [0.05, 0.1) is 16.3 Å². The number of anilines is 1. The van der Waals surface area contributed by atoms with E-state index in [0.29, 0.717) is 28.1 Å². The van der Waals surface area contributed by atoms with Gasteiger partial charge in [0.15, 0.2) is 15.5 Å². The number of fused-ring (bicyclic) bond motifs is 1. The molecule has 0 aliphatic carbocycles. The largest absolute Gasteiger partial charge is 0.383 e. The lowest BCUT2D eigenvalue weighted by Crippen LogP contribution is -2.32. The minimum Gasteiger partial charge on any atom is -0.383 e. The smallest absolute Gasteiger partial charge is 0.175 e. The maximum absolute atomic E-state index is 11.9. The van der Waals surface area contributed by atoms with Gasteiger partial charge in [0, 0.05) is 18.4 Å². The van der Waals surface area contributed by atoms with Gasteiger partial charge in [0.2, 0.25) is 0 Å². The van der Waals surface area contributed by atoms with Gasteiger partial charge in [0.1, 0.15) is 17.8 Å². The van der Waals surface area contributed by atoms with Crippen LogP contribution >= 0.6 is 12.4 Å². The van der Waals surface area contributed by atoms with Crippen LogP contribution in [0.15, 0.2) is 35.5 Å². The van der Waals surface area contributed by atoms with E-state index in [1.165, 1.54) is 12.6 Å². The molecule has 1 fully saturated rings. The first kappa shape index (κ1) is 19.5. The molecule has 1 aromatic carbocycles. The highest BCUT2D eigenvalue weighted by atomic mass is 35.5. The molecule has 1 atom stereocenters. The van der Waals surface area contributed by atoms with E-state index < -0.39 is 9.84 Å². The molecule has 10 heteroatoms. The summed E-state index contributed by atoms with van der Waals surface area (Å²) in [5.41, 5.74) is 8.08. The van der Waals surface area contributed by atoms with Gasteiger partial charge in [-0.15, -0.1) is 12.4 Å². The van der Waals surface area contributed by atoms with Crippen LogP contribution in [0.2, 0.25) is 0 Å². The quantitative estimate of drug-likeness (QED) is 0.678. The van der Waals surface area contributed by atoms with E-state index in [1.54, 1.807) is 18.2 Å². The van der Waals surface area contributed by atoms with Crippen molar-refractivity contribution in [2.75, 3.05) is 25.1 Å². The molecule has 0 unspecified atom stereocenters. The molecule has 1 aliphatic rings. The first-order valence-corrected chi connectivity index (χ1v) is 10.3. The van der Waals surface area contributed by atoms with E-state index in [9.17, 15) is 8.42 Å². The first-order chi connectivity index (χ1) is 12.4. The maximum atomic E-state index is 11.9. The number of halogens is 1. The van der Waals surface area contributed by atoms with Crippen molar-refractivity contribution >= 4 is 39.1 Å². The van der Waals surface area contributed by atoms with E-state index in [4.69, 9.17) is 10.8 Å². The Kier molecular flexibility index (Phi) is 5.36. The number of benzene rings is 1. The van der Waals surface area contributed by atoms with Gasteiger partial charge in [-0.3, -0.25) is 0 Å². The molecule has 8 nitrogen and oxygen atoms in total. The summed E-state index contributed by atoms with van der Waals surface area (Å²) < 4.78 is 25.7. The Morgan fingerprint density at radius 1 is 1.30 bits per heavy atom. The Morgan fingerprint density at radius 3 is 2.81 bits per heavy atom. The monoisotopic (exact) mass is 408 g/mol. The van der Waals surface area contributed by atoms with Crippen molar-refractivity contribution in [1.29, 1.82) is 0 Å². The van der Waals surface area contributed by atoms with Crippen LogP contribution in [-0.4, -0.2) is 47.5 Å². The third-order valence-corrected chi connectivity index (χ3v) is 5.78. The molecule has 0 amide bonds. The first-order valence-electron chi connectivity index (χ1n) is 8.45. The molecule has 3 aromatic rings. The lowest BCUT2D eigenvalue weighted by atomic mass is 10.1. The highest BCUT2D eigenvalue weighted by Gasteiger charge is 2.24. The topological polar surface area (TPSA) is 116 Å². The van der Waals surface area contributed by atoms with E-state index in [-0.39, 0.29) is 23.3 Å². The Bertz CT molecular complexity index is 1080. The van der Waals surface area contributed by atoms with Crippen LogP contribution < -0.4 is 11.1 Å². The molecule has 3 heterocycles. The van der Waals surface area contributed by atoms with Gasteiger partial charge in [-0.05, 0) is 31.5 Å². The number of nitrogens with zero attached hydrogens (tertiary/aromatic N) is 4. The molecule has 0 spiro atoms. The van der Waals surface area contributed by atoms with Gasteiger partial charge >= 0.3 is 0 Å². The zero-order chi connectivity index (χ0) is 18.3. The SMILES string of the molecule is CS(=O)(=O)c1cccc(-c2nn([C@@H]3CCCNC3)c3ncnc(N)c23)c1.Cl. The molecule has 0 radical (unpaired) electrons. The number of piperidine rings is 1. The second kappa shape index (κ2) is 7.41. The highest BCUT2D eigenvalue weighted by Crippen LogP contribution is 2.33. The summed E-state index contributed by atoms with van der Waals surface area (Å²) in [4.78, 5) is 8.74. The molecule has 4 rings (SSSR count). The van der Waals surface area contributed by atoms with Crippen molar-refractivity contribution in [3.63, 3.8) is 0 Å². The third kappa shape index (κ3) is 3.62. The average molecular weight is 409 g/mol. The van der Waals surface area contributed by atoms with E-state index in [2.05, 4.69) is 15.3 Å². The van der Waals surface area contributed by atoms with Crippen LogP contribution in [0.1, 0.15) is 18.9 Å². The highest BCUT2D eigenvalue weighted by molar-refractivity contribution is 7.90. The van der Waals surface area contributed by atoms with Gasteiger partial charge in [0.25, 0.3) is 0 Å². The van der Waals surface area contributed by atoms with Crippen LogP contribution in [0.3, 0.4) is 0 Å². The van der Waals surface area contributed by atoms with Gasteiger partial charge in [-0.1, -0.05) is 12.1 Å². The number of nitrogens with two attached hydrogens (primary N) is 1. The number of nitrogen functional groups attached to an aromatic ring is 1. The molecule has 3 N–H and O–H groups in total. The molecule has 0 bridgehead atoms. The number of nitrogens with one attached hydrogen (secondary N) is 1. The molecule has 0 saturated carbocycles. The zero-order valence-corrected chi connectivity index (χ0v) is 16.4. The van der Waals surface area contributed by atoms with Crippen LogP contribution in [0.4, 0.5) is 5.82 Å². The number of sulfone groups is 1. The van der Waals surface area contributed by atoms with Crippen molar-refractivity contribution in [2.45, 2.75) is 23.8 Å². The molecule has 1 aliphatic heterocycles. The van der Waals surface area contributed by atoms with Crippen molar-refractivity contribution in [2.24, 2.45) is 0 Å². The summed E-state index contributed by atoms with van der Waals surface area (Å²) >= 11 is 0. The predicted molar refractivity (Wildman–Crippen MR) is 107 cm³/mol. The minimum atomic E-state index is -3.32. The molecular weight excluding hydrogens is 388 g/mol. The van der Waals surface area contributed by atoms with Crippen LogP contribution in [-0.2, 0) is 9.84 Å². The summed E-state index contributed by atoms with van der Waals surface area (Å²) in [6.45, 7) is 1.81. The fourth-order valence-corrected chi connectivity index (χ4v) is 4.04.